The van der Waals surface area contributed by atoms with Gasteiger partial charge >= 0.3 is 12.6 Å². The van der Waals surface area contributed by atoms with Crippen LogP contribution in [0.2, 0.25) is 0 Å². The molecule has 2 aromatic rings. The van der Waals surface area contributed by atoms with Crippen LogP contribution in [-0.2, 0) is 9.53 Å². The van der Waals surface area contributed by atoms with E-state index < -0.39 is 18.6 Å². The molecule has 0 amide bonds. The van der Waals surface area contributed by atoms with Gasteiger partial charge in [0, 0.05) is 18.0 Å². The lowest BCUT2D eigenvalue weighted by Gasteiger charge is -2.31. The van der Waals surface area contributed by atoms with Gasteiger partial charge in [-0.25, -0.2) is 4.79 Å². The fourth-order valence-electron chi connectivity index (χ4n) is 2.82. The van der Waals surface area contributed by atoms with Crippen molar-refractivity contribution in [3.63, 3.8) is 0 Å². The highest BCUT2D eigenvalue weighted by atomic mass is 32.1. The zero-order valence-corrected chi connectivity index (χ0v) is 15.6. The van der Waals surface area contributed by atoms with Gasteiger partial charge in [-0.3, -0.25) is 4.98 Å². The molecule has 0 saturated carbocycles. The van der Waals surface area contributed by atoms with Gasteiger partial charge in [0.05, 0.1) is 23.9 Å². The Kier molecular flexibility index (Phi) is 6.15. The normalized spacial score (nSPS) is 16.4. The number of alkyl halides is 2. The standard InChI is InChI=1S/C19H17F2N3O3S/c1-2-26-17(25)14-15(11-5-7-13(8-6-11)27-18(20)21)23-19(28)24-16(14)12-4-3-9-22-10-12/h3-10,15,18H,2H2,1H3,(H2,23,24,28). The third-order valence-corrected chi connectivity index (χ3v) is 4.18. The van der Waals surface area contributed by atoms with Crippen molar-refractivity contribution in [2.45, 2.75) is 19.6 Å². The molecule has 1 unspecified atom stereocenters. The molecule has 0 bridgehead atoms. The predicted molar refractivity (Wildman–Crippen MR) is 102 cm³/mol. The number of rotatable bonds is 6. The van der Waals surface area contributed by atoms with Crippen molar-refractivity contribution in [1.82, 2.24) is 15.6 Å². The summed E-state index contributed by atoms with van der Waals surface area (Å²) in [5.41, 5.74) is 2.09. The van der Waals surface area contributed by atoms with E-state index in [4.69, 9.17) is 17.0 Å². The molecule has 3 rings (SSSR count). The highest BCUT2D eigenvalue weighted by molar-refractivity contribution is 7.80. The molecule has 28 heavy (non-hydrogen) atoms. The third-order valence-electron chi connectivity index (χ3n) is 3.96. The minimum absolute atomic E-state index is 0.0180. The second-order valence-electron chi connectivity index (χ2n) is 5.73. The van der Waals surface area contributed by atoms with Gasteiger partial charge in [-0.1, -0.05) is 12.1 Å². The summed E-state index contributed by atoms with van der Waals surface area (Å²) in [6, 6.07) is 8.88. The third kappa shape index (κ3) is 4.42. The van der Waals surface area contributed by atoms with E-state index in [1.165, 1.54) is 12.1 Å². The lowest BCUT2D eigenvalue weighted by atomic mass is 9.93. The second-order valence-corrected chi connectivity index (χ2v) is 6.14. The highest BCUT2D eigenvalue weighted by Crippen LogP contribution is 2.32. The maximum atomic E-state index is 12.7. The summed E-state index contributed by atoms with van der Waals surface area (Å²) >= 11 is 5.29. The number of hydrogen-bond donors (Lipinski definition) is 2. The number of halogens is 2. The average Bonchev–Trinajstić information content (AvgIpc) is 2.68. The van der Waals surface area contributed by atoms with E-state index in [0.717, 1.165) is 0 Å². The molecule has 0 aliphatic carbocycles. The molecule has 1 aliphatic rings. The van der Waals surface area contributed by atoms with Gasteiger partial charge in [-0.15, -0.1) is 0 Å². The topological polar surface area (TPSA) is 72.5 Å². The maximum Gasteiger partial charge on any atom is 0.387 e. The summed E-state index contributed by atoms with van der Waals surface area (Å²) in [6.45, 7) is -1.01. The molecule has 2 N–H and O–H groups in total. The van der Waals surface area contributed by atoms with Crippen LogP contribution < -0.4 is 15.4 Å². The number of carbonyl (C=O) groups excluding carboxylic acids is 1. The van der Waals surface area contributed by atoms with Crippen molar-refractivity contribution in [3.8, 4) is 5.75 Å². The number of aromatic nitrogens is 1. The van der Waals surface area contributed by atoms with Crippen molar-refractivity contribution in [3.05, 3.63) is 65.5 Å². The first-order valence-electron chi connectivity index (χ1n) is 8.43. The Hall–Kier alpha value is -3.07. The van der Waals surface area contributed by atoms with E-state index in [0.29, 0.717) is 27.5 Å². The van der Waals surface area contributed by atoms with Crippen molar-refractivity contribution < 1.29 is 23.0 Å². The van der Waals surface area contributed by atoms with Crippen LogP contribution in [0.1, 0.15) is 24.1 Å². The lowest BCUT2D eigenvalue weighted by molar-refractivity contribution is -0.138. The quantitative estimate of drug-likeness (QED) is 0.565. The number of benzene rings is 1. The first-order valence-corrected chi connectivity index (χ1v) is 8.84. The number of pyridine rings is 1. The second kappa shape index (κ2) is 8.75. The largest absolute Gasteiger partial charge is 0.463 e. The first-order chi connectivity index (χ1) is 13.5. The summed E-state index contributed by atoms with van der Waals surface area (Å²) < 4.78 is 34.4. The molecular weight excluding hydrogens is 388 g/mol. The monoisotopic (exact) mass is 405 g/mol. The van der Waals surface area contributed by atoms with Gasteiger partial charge in [-0.05, 0) is 49.0 Å². The summed E-state index contributed by atoms with van der Waals surface area (Å²) in [4.78, 5) is 16.8. The summed E-state index contributed by atoms with van der Waals surface area (Å²) in [5, 5.41) is 6.34. The fourth-order valence-corrected chi connectivity index (χ4v) is 3.04. The maximum absolute atomic E-state index is 12.7. The molecule has 1 aromatic carbocycles. The molecule has 0 saturated heterocycles. The zero-order chi connectivity index (χ0) is 20.1. The Morgan fingerprint density at radius 1 is 1.29 bits per heavy atom. The fraction of sp³-hybridized carbons (Fsp3) is 0.211. The van der Waals surface area contributed by atoms with Crippen LogP contribution in [0.5, 0.6) is 5.75 Å². The van der Waals surface area contributed by atoms with Crippen LogP contribution in [-0.4, -0.2) is 29.3 Å². The van der Waals surface area contributed by atoms with Crippen molar-refractivity contribution in [2.24, 2.45) is 0 Å². The Morgan fingerprint density at radius 3 is 2.64 bits per heavy atom. The van der Waals surface area contributed by atoms with E-state index in [9.17, 15) is 13.6 Å². The number of nitrogens with one attached hydrogen (secondary N) is 2. The molecule has 0 radical (unpaired) electrons. The van der Waals surface area contributed by atoms with E-state index in [2.05, 4.69) is 20.4 Å². The number of esters is 1. The number of thiocarbonyl (C=S) groups is 1. The molecular formula is C19H17F2N3O3S. The van der Waals surface area contributed by atoms with E-state index in [1.54, 1.807) is 43.6 Å². The van der Waals surface area contributed by atoms with E-state index in [-0.39, 0.29) is 12.4 Å². The minimum atomic E-state index is -2.91. The molecule has 146 valence electrons. The van der Waals surface area contributed by atoms with Gasteiger partial charge in [0.1, 0.15) is 5.75 Å². The van der Waals surface area contributed by atoms with Gasteiger partial charge < -0.3 is 20.1 Å². The number of carbonyl (C=O) groups is 1. The van der Waals surface area contributed by atoms with Gasteiger partial charge in [0.2, 0.25) is 0 Å². The molecule has 9 heteroatoms. The molecule has 0 fully saturated rings. The SMILES string of the molecule is CCOC(=O)C1=C(c2cccnc2)NC(=S)NC1c1ccc(OC(F)F)cc1. The van der Waals surface area contributed by atoms with Crippen LogP contribution in [0.4, 0.5) is 8.78 Å². The Labute approximate surface area is 165 Å². The smallest absolute Gasteiger partial charge is 0.387 e. The van der Waals surface area contributed by atoms with Crippen molar-refractivity contribution in [2.75, 3.05) is 6.61 Å². The lowest BCUT2D eigenvalue weighted by Crippen LogP contribution is -2.45. The first kappa shape index (κ1) is 19.7. The summed E-state index contributed by atoms with van der Waals surface area (Å²) in [6.07, 6.45) is 3.22. The molecule has 1 aromatic heterocycles. The predicted octanol–water partition coefficient (Wildman–Crippen LogP) is 3.18. The van der Waals surface area contributed by atoms with Crippen LogP contribution >= 0.6 is 12.2 Å². The minimum Gasteiger partial charge on any atom is -0.463 e. The van der Waals surface area contributed by atoms with Gasteiger partial charge in [-0.2, -0.15) is 8.78 Å². The van der Waals surface area contributed by atoms with Crippen LogP contribution in [0.3, 0.4) is 0 Å². The van der Waals surface area contributed by atoms with Gasteiger partial charge in [0.15, 0.2) is 5.11 Å². The van der Waals surface area contributed by atoms with Gasteiger partial charge in [0.25, 0.3) is 0 Å². The zero-order valence-electron chi connectivity index (χ0n) is 14.8. The van der Waals surface area contributed by atoms with Crippen LogP contribution in [0.15, 0.2) is 54.4 Å². The average molecular weight is 405 g/mol. The van der Waals surface area contributed by atoms with E-state index >= 15 is 0 Å². The molecule has 2 heterocycles. The van der Waals surface area contributed by atoms with E-state index in [1.807, 2.05) is 0 Å². The van der Waals surface area contributed by atoms with Crippen LogP contribution in [0, 0.1) is 0 Å². The van der Waals surface area contributed by atoms with Crippen molar-refractivity contribution >= 4 is 29.0 Å². The Morgan fingerprint density at radius 2 is 2.04 bits per heavy atom. The number of ether oxygens (including phenoxy) is 2. The number of hydrogen-bond acceptors (Lipinski definition) is 5. The molecule has 1 aliphatic heterocycles. The number of nitrogens with zero attached hydrogens (tertiary/aromatic N) is 1. The highest BCUT2D eigenvalue weighted by Gasteiger charge is 2.33. The Bertz CT molecular complexity index is 889. The summed E-state index contributed by atoms with van der Waals surface area (Å²) in [7, 11) is 0. The summed E-state index contributed by atoms with van der Waals surface area (Å²) in [5.74, 6) is -0.508. The molecule has 6 nitrogen and oxygen atoms in total. The van der Waals surface area contributed by atoms with Crippen LogP contribution in [0.25, 0.3) is 5.70 Å². The molecule has 1 atom stereocenters. The molecule has 0 spiro atoms. The Balaban J connectivity index is 2.06. The van der Waals surface area contributed by atoms with Crippen molar-refractivity contribution in [1.29, 1.82) is 0 Å².